The van der Waals surface area contributed by atoms with Crippen molar-refractivity contribution in [1.29, 1.82) is 0 Å². The monoisotopic (exact) mass is 516 g/mol. The molecule has 1 aliphatic heterocycles. The molecular weight excluding hydrogens is 485 g/mol. The first kappa shape index (κ1) is 26.7. The first-order valence-electron chi connectivity index (χ1n) is 12.1. The van der Waals surface area contributed by atoms with Gasteiger partial charge in [0, 0.05) is 19.2 Å². The van der Waals surface area contributed by atoms with Crippen molar-refractivity contribution in [2.24, 2.45) is 7.05 Å². The molecule has 1 aromatic heterocycles. The molecule has 1 amide bonds. The molecule has 1 aliphatic rings. The normalized spacial score (nSPS) is 18.6. The number of carbonyl (C=O) groups is 1. The van der Waals surface area contributed by atoms with E-state index in [4.69, 9.17) is 9.47 Å². The Hall–Kier alpha value is -3.40. The second-order valence-electron chi connectivity index (χ2n) is 10.2. The van der Waals surface area contributed by atoms with Gasteiger partial charge in [0.2, 0.25) is 0 Å². The Morgan fingerprint density at radius 1 is 1.11 bits per heavy atom. The topological polar surface area (TPSA) is 69.5 Å². The molecule has 1 saturated heterocycles. The van der Waals surface area contributed by atoms with Crippen LogP contribution in [0.4, 0.5) is 18.0 Å². The molecule has 7 nitrogen and oxygen atoms in total. The van der Waals surface area contributed by atoms with Crippen LogP contribution < -0.4 is 0 Å². The van der Waals surface area contributed by atoms with Crippen LogP contribution in [0.1, 0.15) is 56.3 Å². The number of piperidine rings is 1. The zero-order valence-corrected chi connectivity index (χ0v) is 21.3. The molecule has 0 unspecified atom stereocenters. The predicted molar refractivity (Wildman–Crippen MR) is 131 cm³/mol. The predicted octanol–water partition coefficient (Wildman–Crippen LogP) is 6.16. The molecule has 2 aromatic carbocycles. The highest BCUT2D eigenvalue weighted by molar-refractivity contribution is 5.69. The molecular formula is C27H31F3N4O3. The average molecular weight is 517 g/mol. The number of ether oxygens (including phenoxy) is 2. The summed E-state index contributed by atoms with van der Waals surface area (Å²) in [4.78, 5) is 14.7. The zero-order valence-electron chi connectivity index (χ0n) is 21.3. The van der Waals surface area contributed by atoms with Crippen molar-refractivity contribution in [1.82, 2.24) is 19.9 Å². The number of likely N-dealkylation sites (tertiary alicyclic amines) is 1. The second-order valence-corrected chi connectivity index (χ2v) is 10.2. The number of nitrogens with zero attached hydrogens (tertiary/aromatic N) is 4. The van der Waals surface area contributed by atoms with Crippen LogP contribution in [-0.2, 0) is 29.3 Å². The maximum atomic E-state index is 13.7. The summed E-state index contributed by atoms with van der Waals surface area (Å²) in [6, 6.07) is 12.9. The van der Waals surface area contributed by atoms with Crippen molar-refractivity contribution in [3.8, 4) is 11.3 Å². The highest BCUT2D eigenvalue weighted by atomic mass is 19.4. The molecule has 0 N–H and O–H groups in total. The third kappa shape index (κ3) is 6.49. The smallest absolute Gasteiger partial charge is 0.416 e. The number of carbonyl (C=O) groups excluding carboxylic acids is 1. The summed E-state index contributed by atoms with van der Waals surface area (Å²) in [5.41, 5.74) is 0.614. The molecule has 0 bridgehead atoms. The van der Waals surface area contributed by atoms with E-state index in [9.17, 15) is 18.0 Å². The van der Waals surface area contributed by atoms with E-state index in [0.29, 0.717) is 36.2 Å². The fraction of sp³-hybridized carbons (Fsp3) is 0.444. The van der Waals surface area contributed by atoms with Gasteiger partial charge in [-0.3, -0.25) is 4.90 Å². The molecule has 2 atom stereocenters. The lowest BCUT2D eigenvalue weighted by Crippen LogP contribution is -2.47. The third-order valence-electron chi connectivity index (χ3n) is 6.14. The van der Waals surface area contributed by atoms with Crippen molar-refractivity contribution in [3.05, 3.63) is 71.4 Å². The number of amides is 1. The molecule has 0 saturated carbocycles. The minimum absolute atomic E-state index is 0.0572. The molecule has 37 heavy (non-hydrogen) atoms. The maximum absolute atomic E-state index is 13.7. The lowest BCUT2D eigenvalue weighted by atomic mass is 9.92. The van der Waals surface area contributed by atoms with Crippen LogP contribution in [0.2, 0.25) is 0 Å². The van der Waals surface area contributed by atoms with E-state index in [-0.39, 0.29) is 6.61 Å². The summed E-state index contributed by atoms with van der Waals surface area (Å²) in [7, 11) is 1.62. The van der Waals surface area contributed by atoms with Gasteiger partial charge in [-0.25, -0.2) is 9.48 Å². The van der Waals surface area contributed by atoms with Crippen molar-refractivity contribution in [2.75, 3.05) is 6.54 Å². The Morgan fingerprint density at radius 2 is 1.84 bits per heavy atom. The molecule has 0 spiro atoms. The molecule has 4 rings (SSSR count). The molecule has 198 valence electrons. The molecule has 0 radical (unpaired) electrons. The van der Waals surface area contributed by atoms with Gasteiger partial charge in [0.05, 0.1) is 36.2 Å². The van der Waals surface area contributed by atoms with Gasteiger partial charge in [-0.2, -0.15) is 13.2 Å². The minimum Gasteiger partial charge on any atom is -0.444 e. The van der Waals surface area contributed by atoms with E-state index in [0.717, 1.165) is 17.7 Å². The Bertz CT molecular complexity index is 1220. The number of halogens is 3. The van der Waals surface area contributed by atoms with Gasteiger partial charge in [-0.05, 0) is 62.9 Å². The van der Waals surface area contributed by atoms with Crippen molar-refractivity contribution >= 4 is 6.09 Å². The van der Waals surface area contributed by atoms with E-state index in [2.05, 4.69) is 10.3 Å². The van der Waals surface area contributed by atoms with Gasteiger partial charge in [-0.1, -0.05) is 35.5 Å². The van der Waals surface area contributed by atoms with E-state index in [1.54, 1.807) is 18.0 Å². The fourth-order valence-electron chi connectivity index (χ4n) is 4.55. The number of aromatic nitrogens is 3. The van der Waals surface area contributed by atoms with Crippen molar-refractivity contribution in [3.63, 3.8) is 0 Å². The van der Waals surface area contributed by atoms with E-state index in [1.165, 1.54) is 10.9 Å². The first-order chi connectivity index (χ1) is 17.4. The maximum Gasteiger partial charge on any atom is 0.416 e. The zero-order chi connectivity index (χ0) is 26.8. The van der Waals surface area contributed by atoms with Crippen LogP contribution in [0.5, 0.6) is 0 Å². The SMILES string of the molecule is Cn1nncc1-c1cc(CO[C@H]2CCCN(C(=O)OC(C)(C)C)[C@H]2c2ccccc2)cc(C(F)(F)F)c1. The number of rotatable bonds is 5. The number of hydrogen-bond donors (Lipinski definition) is 0. The summed E-state index contributed by atoms with van der Waals surface area (Å²) in [5, 5.41) is 7.62. The second kappa shape index (κ2) is 10.5. The summed E-state index contributed by atoms with van der Waals surface area (Å²) >= 11 is 0. The van der Waals surface area contributed by atoms with Crippen molar-refractivity contribution < 1.29 is 27.4 Å². The fourth-order valence-corrected chi connectivity index (χ4v) is 4.55. The van der Waals surface area contributed by atoms with Gasteiger partial charge in [0.1, 0.15) is 5.60 Å². The van der Waals surface area contributed by atoms with Gasteiger partial charge in [0.25, 0.3) is 0 Å². The van der Waals surface area contributed by atoms with Crippen LogP contribution in [-0.4, -0.2) is 44.2 Å². The number of alkyl halides is 3. The van der Waals surface area contributed by atoms with Crippen LogP contribution in [0.25, 0.3) is 11.3 Å². The van der Waals surface area contributed by atoms with Gasteiger partial charge < -0.3 is 9.47 Å². The number of benzene rings is 2. The lowest BCUT2D eigenvalue weighted by Gasteiger charge is -2.41. The standard InChI is InChI=1S/C27H31F3N4O3/c1-26(2,3)37-25(35)34-12-8-11-23(24(34)19-9-6-5-7-10-19)36-17-18-13-20(22-16-31-32-33(22)4)15-21(14-18)27(28,29)30/h5-7,9-10,13-16,23-24H,8,11-12,17H2,1-4H3/t23-,24-/m0/s1. The van der Waals surface area contributed by atoms with Crippen molar-refractivity contribution in [2.45, 2.75) is 64.1 Å². The highest BCUT2D eigenvalue weighted by Gasteiger charge is 2.38. The van der Waals surface area contributed by atoms with E-state index in [1.807, 2.05) is 51.1 Å². The third-order valence-corrected chi connectivity index (χ3v) is 6.14. The Balaban J connectivity index is 1.63. The Kier molecular flexibility index (Phi) is 7.59. The molecule has 1 fully saturated rings. The van der Waals surface area contributed by atoms with Gasteiger partial charge in [-0.15, -0.1) is 5.10 Å². The van der Waals surface area contributed by atoms with Crippen LogP contribution in [0.15, 0.2) is 54.7 Å². The Labute approximate surface area is 214 Å². The summed E-state index contributed by atoms with van der Waals surface area (Å²) < 4.78 is 54.5. The van der Waals surface area contributed by atoms with Crippen LogP contribution in [0, 0.1) is 0 Å². The summed E-state index contributed by atoms with van der Waals surface area (Å²) in [5.74, 6) is 0. The summed E-state index contributed by atoms with van der Waals surface area (Å²) in [6.07, 6.45) is -2.65. The molecule has 0 aliphatic carbocycles. The highest BCUT2D eigenvalue weighted by Crippen LogP contribution is 2.37. The van der Waals surface area contributed by atoms with Gasteiger partial charge >= 0.3 is 12.3 Å². The molecule has 10 heteroatoms. The van der Waals surface area contributed by atoms with E-state index >= 15 is 0 Å². The molecule has 2 heterocycles. The van der Waals surface area contributed by atoms with Crippen LogP contribution >= 0.6 is 0 Å². The van der Waals surface area contributed by atoms with E-state index < -0.39 is 35.6 Å². The largest absolute Gasteiger partial charge is 0.444 e. The van der Waals surface area contributed by atoms with Gasteiger partial charge in [0.15, 0.2) is 0 Å². The average Bonchev–Trinajstić information content (AvgIpc) is 3.27. The first-order valence-corrected chi connectivity index (χ1v) is 12.1. The quantitative estimate of drug-likeness (QED) is 0.406. The lowest BCUT2D eigenvalue weighted by molar-refractivity contribution is -0.137. The number of aryl methyl sites for hydroxylation is 1. The Morgan fingerprint density at radius 3 is 2.46 bits per heavy atom. The minimum atomic E-state index is -4.53. The summed E-state index contributed by atoms with van der Waals surface area (Å²) in [6.45, 7) is 5.87. The van der Waals surface area contributed by atoms with Crippen LogP contribution in [0.3, 0.4) is 0 Å². The number of hydrogen-bond acceptors (Lipinski definition) is 5. The molecule has 3 aromatic rings.